The highest BCUT2D eigenvalue weighted by molar-refractivity contribution is 9.10. The number of carbonyl (C=O) groups is 2. The van der Waals surface area contributed by atoms with Crippen LogP contribution in [-0.4, -0.2) is 28.3 Å². The summed E-state index contributed by atoms with van der Waals surface area (Å²) in [7, 11) is 0. The van der Waals surface area contributed by atoms with Crippen molar-refractivity contribution in [3.8, 4) is 17.2 Å². The smallest absolute Gasteiger partial charge is 0.343 e. The predicted octanol–water partition coefficient (Wildman–Crippen LogP) is 4.15. The van der Waals surface area contributed by atoms with Crippen molar-refractivity contribution in [3.63, 3.8) is 0 Å². The molecule has 0 fully saturated rings. The van der Waals surface area contributed by atoms with Crippen molar-refractivity contribution < 1.29 is 24.5 Å². The number of amides is 1. The van der Waals surface area contributed by atoms with E-state index in [1.54, 1.807) is 30.3 Å². The van der Waals surface area contributed by atoms with E-state index in [0.717, 1.165) is 16.1 Å². The zero-order valence-corrected chi connectivity index (χ0v) is 17.4. The summed E-state index contributed by atoms with van der Waals surface area (Å²) in [6.07, 6.45) is 1.32. The second-order valence-corrected chi connectivity index (χ2v) is 7.25. The zero-order valence-electron chi connectivity index (χ0n) is 15.8. The summed E-state index contributed by atoms with van der Waals surface area (Å²) in [6.45, 7) is 1.92. The molecule has 0 bridgehead atoms. The predicted molar refractivity (Wildman–Crippen MR) is 115 cm³/mol. The maximum absolute atomic E-state index is 12.4. The fraction of sp³-hybridized carbons (Fsp3) is 0.0455. The third-order valence-electron chi connectivity index (χ3n) is 4.06. The van der Waals surface area contributed by atoms with Crippen molar-refractivity contribution >= 4 is 34.0 Å². The molecule has 0 aliphatic carbocycles. The Morgan fingerprint density at radius 1 is 1.03 bits per heavy atom. The number of nitrogens with one attached hydrogen (secondary N) is 1. The molecule has 7 nitrogen and oxygen atoms in total. The molecule has 0 saturated carbocycles. The van der Waals surface area contributed by atoms with E-state index in [4.69, 9.17) is 4.74 Å². The first kappa shape index (κ1) is 21.1. The summed E-state index contributed by atoms with van der Waals surface area (Å²) >= 11 is 3.34. The number of rotatable bonds is 5. The van der Waals surface area contributed by atoms with Crippen molar-refractivity contribution in [3.05, 3.63) is 87.4 Å². The number of nitrogens with zero attached hydrogens (tertiary/aromatic N) is 1. The van der Waals surface area contributed by atoms with Gasteiger partial charge in [0.25, 0.3) is 5.91 Å². The Bertz CT molecular complexity index is 1130. The molecule has 0 unspecified atom stereocenters. The molecule has 0 atom stereocenters. The summed E-state index contributed by atoms with van der Waals surface area (Å²) in [6, 6.07) is 15.6. The lowest BCUT2D eigenvalue weighted by Crippen LogP contribution is -2.18. The number of hydrogen-bond donors (Lipinski definition) is 3. The van der Waals surface area contributed by atoms with Gasteiger partial charge in [-0.15, -0.1) is 0 Å². The molecule has 0 radical (unpaired) electrons. The van der Waals surface area contributed by atoms with Crippen molar-refractivity contribution in [1.82, 2.24) is 5.43 Å². The fourth-order valence-electron chi connectivity index (χ4n) is 2.49. The summed E-state index contributed by atoms with van der Waals surface area (Å²) in [4.78, 5) is 24.5. The maximum Gasteiger partial charge on any atom is 0.343 e. The molecule has 3 aromatic carbocycles. The van der Waals surface area contributed by atoms with Gasteiger partial charge in [0.2, 0.25) is 0 Å². The lowest BCUT2D eigenvalue weighted by Gasteiger charge is -2.08. The number of esters is 1. The minimum absolute atomic E-state index is 0.0507. The van der Waals surface area contributed by atoms with E-state index in [0.29, 0.717) is 11.1 Å². The molecular weight excluding hydrogens is 452 g/mol. The van der Waals surface area contributed by atoms with Gasteiger partial charge in [0.05, 0.1) is 17.3 Å². The molecular formula is C22H17BrN2O5. The number of carbonyl (C=O) groups excluding carboxylic acids is 2. The highest BCUT2D eigenvalue weighted by Crippen LogP contribution is 2.24. The quantitative estimate of drug-likeness (QED) is 0.225. The lowest BCUT2D eigenvalue weighted by molar-refractivity contribution is 0.0734. The van der Waals surface area contributed by atoms with Crippen LogP contribution in [0.25, 0.3) is 0 Å². The molecule has 3 rings (SSSR count). The van der Waals surface area contributed by atoms with Crippen LogP contribution in [0.1, 0.15) is 31.8 Å². The molecule has 0 aromatic heterocycles. The van der Waals surface area contributed by atoms with Crippen LogP contribution in [0.3, 0.4) is 0 Å². The van der Waals surface area contributed by atoms with Crippen LogP contribution in [0.2, 0.25) is 0 Å². The van der Waals surface area contributed by atoms with E-state index in [1.807, 2.05) is 19.1 Å². The lowest BCUT2D eigenvalue weighted by atomic mass is 10.1. The number of hydrogen-bond acceptors (Lipinski definition) is 6. The molecule has 1 amide bonds. The van der Waals surface area contributed by atoms with E-state index in [1.165, 1.54) is 18.3 Å². The molecule has 0 spiro atoms. The van der Waals surface area contributed by atoms with Gasteiger partial charge in [0, 0.05) is 16.1 Å². The first-order valence-corrected chi connectivity index (χ1v) is 9.56. The summed E-state index contributed by atoms with van der Waals surface area (Å²) < 4.78 is 6.19. The highest BCUT2D eigenvalue weighted by Gasteiger charge is 2.13. The Kier molecular flexibility index (Phi) is 6.48. The van der Waals surface area contributed by atoms with E-state index in [-0.39, 0.29) is 22.8 Å². The third-order valence-corrected chi connectivity index (χ3v) is 4.55. The van der Waals surface area contributed by atoms with Gasteiger partial charge in [-0.3, -0.25) is 4.79 Å². The van der Waals surface area contributed by atoms with E-state index >= 15 is 0 Å². The molecule has 152 valence electrons. The first-order chi connectivity index (χ1) is 14.3. The zero-order chi connectivity index (χ0) is 21.7. The number of ether oxygens (including phenoxy) is 1. The van der Waals surface area contributed by atoms with Crippen LogP contribution in [0, 0.1) is 6.92 Å². The minimum Gasteiger partial charge on any atom is -0.508 e. The van der Waals surface area contributed by atoms with Gasteiger partial charge < -0.3 is 14.9 Å². The molecule has 0 saturated heterocycles. The topological polar surface area (TPSA) is 108 Å². The van der Waals surface area contributed by atoms with Crippen LogP contribution in [0.15, 0.2) is 70.2 Å². The van der Waals surface area contributed by atoms with Crippen molar-refractivity contribution in [2.24, 2.45) is 5.10 Å². The molecule has 3 N–H and O–H groups in total. The average molecular weight is 469 g/mol. The molecule has 3 aromatic rings. The van der Waals surface area contributed by atoms with Gasteiger partial charge in [-0.05, 0) is 49.4 Å². The molecule has 0 aliphatic heterocycles. The van der Waals surface area contributed by atoms with Gasteiger partial charge in [0.15, 0.2) is 0 Å². The average Bonchev–Trinajstić information content (AvgIpc) is 2.70. The number of phenols is 2. The number of halogens is 1. The highest BCUT2D eigenvalue weighted by atomic mass is 79.9. The van der Waals surface area contributed by atoms with Crippen molar-refractivity contribution in [1.29, 1.82) is 0 Å². The third kappa shape index (κ3) is 5.24. The summed E-state index contributed by atoms with van der Waals surface area (Å²) in [5.41, 5.74) is 4.10. The number of benzene rings is 3. The summed E-state index contributed by atoms with van der Waals surface area (Å²) in [5, 5.41) is 22.9. The molecule has 0 heterocycles. The number of aromatic hydroxyl groups is 2. The first-order valence-electron chi connectivity index (χ1n) is 8.77. The van der Waals surface area contributed by atoms with Gasteiger partial charge in [-0.2, -0.15) is 5.10 Å². The Labute approximate surface area is 180 Å². The summed E-state index contributed by atoms with van der Waals surface area (Å²) in [5.74, 6) is -1.48. The number of aryl methyl sites for hydroxylation is 1. The van der Waals surface area contributed by atoms with E-state index < -0.39 is 11.9 Å². The molecule has 30 heavy (non-hydrogen) atoms. The monoisotopic (exact) mass is 468 g/mol. The van der Waals surface area contributed by atoms with Crippen LogP contribution in [0.4, 0.5) is 0 Å². The normalized spacial score (nSPS) is 10.7. The SMILES string of the molecule is Cc1ccc(C(=O)Oc2ccc(Br)cc2/C=N\NC(=O)c2ccc(O)cc2O)cc1. The largest absolute Gasteiger partial charge is 0.508 e. The standard InChI is InChI=1S/C22H17BrN2O5/c1-13-2-4-14(5-3-13)22(29)30-20-9-6-16(23)10-15(20)12-24-25-21(28)18-8-7-17(26)11-19(18)27/h2-12,26-27H,1H3,(H,25,28)/b24-12-. The van der Waals surface area contributed by atoms with Gasteiger partial charge >= 0.3 is 5.97 Å². The van der Waals surface area contributed by atoms with Crippen molar-refractivity contribution in [2.75, 3.05) is 0 Å². The van der Waals surface area contributed by atoms with Crippen molar-refractivity contribution in [2.45, 2.75) is 6.92 Å². The second-order valence-electron chi connectivity index (χ2n) is 6.34. The van der Waals surface area contributed by atoms with Gasteiger partial charge in [-0.25, -0.2) is 10.2 Å². The van der Waals surface area contributed by atoms with Crippen LogP contribution in [-0.2, 0) is 0 Å². The second kappa shape index (κ2) is 9.23. The Morgan fingerprint density at radius 3 is 2.47 bits per heavy atom. The van der Waals surface area contributed by atoms with E-state index in [2.05, 4.69) is 26.5 Å². The van der Waals surface area contributed by atoms with Crippen LogP contribution >= 0.6 is 15.9 Å². The van der Waals surface area contributed by atoms with Crippen LogP contribution in [0.5, 0.6) is 17.2 Å². The molecule has 0 aliphatic rings. The number of phenolic OH excluding ortho intramolecular Hbond substituents is 2. The number of hydrazone groups is 1. The van der Waals surface area contributed by atoms with Gasteiger partial charge in [-0.1, -0.05) is 33.6 Å². The molecule has 8 heteroatoms. The fourth-order valence-corrected chi connectivity index (χ4v) is 2.87. The van der Waals surface area contributed by atoms with E-state index in [9.17, 15) is 19.8 Å². The Balaban J connectivity index is 1.75. The van der Waals surface area contributed by atoms with Crippen LogP contribution < -0.4 is 10.2 Å². The maximum atomic E-state index is 12.4. The Morgan fingerprint density at radius 2 is 1.77 bits per heavy atom. The Hall–Kier alpha value is -3.65. The van der Waals surface area contributed by atoms with Gasteiger partial charge in [0.1, 0.15) is 17.2 Å². The minimum atomic E-state index is -0.669.